The molecule has 0 saturated carbocycles. The Hall–Kier alpha value is -0.510. The molecule has 0 aromatic carbocycles. The van der Waals surface area contributed by atoms with Gasteiger partial charge in [-0.3, -0.25) is 4.57 Å². The number of hydrogen-bond acceptors (Lipinski definition) is 2. The largest absolute Gasteiger partial charge is 0.309 e. The molecule has 0 aromatic heterocycles. The van der Waals surface area contributed by atoms with Crippen molar-refractivity contribution in [3.05, 3.63) is 11.9 Å². The molecule has 2 nitrogen and oxygen atoms in total. The zero-order valence-corrected chi connectivity index (χ0v) is 6.67. The Kier molecular flexibility index (Phi) is 1.99. The molecule has 0 saturated heterocycles. The highest BCUT2D eigenvalue weighted by Gasteiger charge is 2.20. The van der Waals surface area contributed by atoms with Crippen molar-refractivity contribution in [2.24, 2.45) is 0 Å². The van der Waals surface area contributed by atoms with Gasteiger partial charge >= 0.3 is 0 Å². The van der Waals surface area contributed by atoms with Crippen LogP contribution in [0, 0.1) is 12.3 Å². The first-order valence-electron chi connectivity index (χ1n) is 3.03. The van der Waals surface area contributed by atoms with Gasteiger partial charge < -0.3 is 4.52 Å². The van der Waals surface area contributed by atoms with Gasteiger partial charge in [-0.25, -0.2) is 0 Å². The molecule has 1 aliphatic heterocycles. The van der Waals surface area contributed by atoms with Gasteiger partial charge in [0.25, 0.3) is 0 Å². The fraction of sp³-hybridized carbons (Fsp3) is 0.429. The SMILES string of the molecule is C#CC1CC=CP(C)(=O)O1. The minimum Gasteiger partial charge on any atom is -0.309 e. The molecule has 0 amide bonds. The van der Waals surface area contributed by atoms with Crippen LogP contribution in [0.2, 0.25) is 0 Å². The first-order valence-corrected chi connectivity index (χ1v) is 5.17. The Morgan fingerprint density at radius 2 is 2.60 bits per heavy atom. The first kappa shape index (κ1) is 7.60. The van der Waals surface area contributed by atoms with Gasteiger partial charge in [-0.2, -0.15) is 0 Å². The van der Waals surface area contributed by atoms with Crippen LogP contribution in [0.5, 0.6) is 0 Å². The fourth-order valence-corrected chi connectivity index (χ4v) is 2.03. The van der Waals surface area contributed by atoms with Crippen LogP contribution in [-0.2, 0) is 9.09 Å². The molecule has 10 heavy (non-hydrogen) atoms. The van der Waals surface area contributed by atoms with E-state index in [0.717, 1.165) is 0 Å². The Balaban J connectivity index is 2.75. The van der Waals surface area contributed by atoms with E-state index in [1.807, 2.05) is 6.08 Å². The minimum absolute atomic E-state index is 0.291. The summed E-state index contributed by atoms with van der Waals surface area (Å²) in [5.74, 6) is 4.01. The van der Waals surface area contributed by atoms with Gasteiger partial charge in [-0.05, 0) is 5.82 Å². The molecule has 0 fully saturated rings. The standard InChI is InChI=1S/C7H9O2P/c1-3-7-5-4-6-10(2,8)9-7/h1,4,6-7H,5H2,2H3. The fourth-order valence-electron chi connectivity index (χ4n) is 0.805. The molecule has 2 atom stereocenters. The second-order valence-corrected chi connectivity index (χ2v) is 4.62. The summed E-state index contributed by atoms with van der Waals surface area (Å²) in [5, 5.41) is 0. The lowest BCUT2D eigenvalue weighted by Gasteiger charge is -2.18. The van der Waals surface area contributed by atoms with Crippen molar-refractivity contribution in [3.63, 3.8) is 0 Å². The summed E-state index contributed by atoms with van der Waals surface area (Å²) in [5.41, 5.74) is 0. The molecule has 0 radical (unpaired) electrons. The molecule has 0 bridgehead atoms. The van der Waals surface area contributed by atoms with Crippen molar-refractivity contribution in [3.8, 4) is 12.3 Å². The summed E-state index contributed by atoms with van der Waals surface area (Å²) in [6, 6.07) is 0. The molecule has 1 rings (SSSR count). The van der Waals surface area contributed by atoms with E-state index < -0.39 is 7.37 Å². The molecule has 0 spiro atoms. The van der Waals surface area contributed by atoms with Gasteiger partial charge in [-0.1, -0.05) is 12.0 Å². The second-order valence-electron chi connectivity index (χ2n) is 2.29. The molecule has 0 N–H and O–H groups in total. The van der Waals surface area contributed by atoms with Crippen LogP contribution in [0.3, 0.4) is 0 Å². The molecule has 2 unspecified atom stereocenters. The van der Waals surface area contributed by atoms with Crippen LogP contribution < -0.4 is 0 Å². The molecular formula is C7H9O2P. The Labute approximate surface area is 60.7 Å². The van der Waals surface area contributed by atoms with E-state index in [-0.39, 0.29) is 6.10 Å². The average Bonchev–Trinajstić information content (AvgIpc) is 1.86. The van der Waals surface area contributed by atoms with Crippen LogP contribution >= 0.6 is 7.37 Å². The first-order chi connectivity index (χ1) is 4.64. The highest BCUT2D eigenvalue weighted by molar-refractivity contribution is 7.61. The highest BCUT2D eigenvalue weighted by atomic mass is 31.2. The molecule has 3 heteroatoms. The average molecular weight is 156 g/mol. The topological polar surface area (TPSA) is 26.3 Å². The summed E-state index contributed by atoms with van der Waals surface area (Å²) < 4.78 is 16.3. The van der Waals surface area contributed by atoms with Gasteiger partial charge in [0, 0.05) is 13.1 Å². The van der Waals surface area contributed by atoms with Gasteiger partial charge in [-0.15, -0.1) is 6.42 Å². The summed E-state index contributed by atoms with van der Waals surface area (Å²) in [6.07, 6.45) is 7.29. The molecule has 0 aromatic rings. The maximum absolute atomic E-state index is 11.2. The number of terminal acetylenes is 1. The van der Waals surface area contributed by atoms with E-state index >= 15 is 0 Å². The predicted molar refractivity (Wildman–Crippen MR) is 41.0 cm³/mol. The maximum Gasteiger partial charge on any atom is 0.223 e. The van der Waals surface area contributed by atoms with Crippen molar-refractivity contribution in [2.75, 3.05) is 6.66 Å². The third-order valence-corrected chi connectivity index (χ3v) is 2.67. The lowest BCUT2D eigenvalue weighted by molar-refractivity contribution is 0.265. The van der Waals surface area contributed by atoms with E-state index in [2.05, 4.69) is 5.92 Å². The lowest BCUT2D eigenvalue weighted by Crippen LogP contribution is -2.09. The van der Waals surface area contributed by atoms with Crippen molar-refractivity contribution in [1.82, 2.24) is 0 Å². The van der Waals surface area contributed by atoms with Crippen LogP contribution in [0.4, 0.5) is 0 Å². The summed E-state index contributed by atoms with van der Waals surface area (Å²) in [7, 11) is -2.48. The van der Waals surface area contributed by atoms with E-state index in [1.54, 1.807) is 12.5 Å². The van der Waals surface area contributed by atoms with E-state index in [9.17, 15) is 4.57 Å². The Morgan fingerprint density at radius 1 is 1.90 bits per heavy atom. The predicted octanol–water partition coefficient (Wildman–Crippen LogP) is 1.83. The van der Waals surface area contributed by atoms with E-state index in [1.165, 1.54) is 0 Å². The second kappa shape index (κ2) is 2.62. The number of hydrogen-bond donors (Lipinski definition) is 0. The van der Waals surface area contributed by atoms with Gasteiger partial charge in [0.05, 0.1) is 0 Å². The summed E-state index contributed by atoms with van der Waals surface area (Å²) in [6.45, 7) is 1.56. The zero-order chi connectivity index (χ0) is 7.61. The van der Waals surface area contributed by atoms with Crippen LogP contribution in [0.15, 0.2) is 11.9 Å². The van der Waals surface area contributed by atoms with Crippen molar-refractivity contribution >= 4 is 7.37 Å². The summed E-state index contributed by atoms with van der Waals surface area (Å²) in [4.78, 5) is 0. The van der Waals surface area contributed by atoms with Crippen molar-refractivity contribution in [1.29, 1.82) is 0 Å². The smallest absolute Gasteiger partial charge is 0.223 e. The van der Waals surface area contributed by atoms with Crippen LogP contribution in [-0.4, -0.2) is 12.8 Å². The highest BCUT2D eigenvalue weighted by Crippen LogP contribution is 2.48. The Bertz CT molecular complexity index is 236. The maximum atomic E-state index is 11.2. The molecular weight excluding hydrogens is 147 g/mol. The van der Waals surface area contributed by atoms with Crippen molar-refractivity contribution < 1.29 is 9.09 Å². The van der Waals surface area contributed by atoms with Crippen molar-refractivity contribution in [2.45, 2.75) is 12.5 Å². The third kappa shape index (κ3) is 1.73. The zero-order valence-electron chi connectivity index (χ0n) is 5.78. The van der Waals surface area contributed by atoms with Crippen LogP contribution in [0.25, 0.3) is 0 Å². The van der Waals surface area contributed by atoms with Gasteiger partial charge in [0.2, 0.25) is 7.37 Å². The molecule has 1 aliphatic rings. The van der Waals surface area contributed by atoms with Gasteiger partial charge in [0.1, 0.15) is 6.10 Å². The normalized spacial score (nSPS) is 39.0. The van der Waals surface area contributed by atoms with E-state index in [0.29, 0.717) is 6.42 Å². The van der Waals surface area contributed by atoms with E-state index in [4.69, 9.17) is 10.9 Å². The summed E-state index contributed by atoms with van der Waals surface area (Å²) >= 11 is 0. The number of rotatable bonds is 0. The molecule has 0 aliphatic carbocycles. The van der Waals surface area contributed by atoms with Gasteiger partial charge in [0.15, 0.2) is 0 Å². The Morgan fingerprint density at radius 3 is 3.00 bits per heavy atom. The monoisotopic (exact) mass is 156 g/mol. The lowest BCUT2D eigenvalue weighted by atomic mass is 10.3. The molecule has 1 heterocycles. The molecule has 54 valence electrons. The van der Waals surface area contributed by atoms with Crippen LogP contribution in [0.1, 0.15) is 6.42 Å². The quantitative estimate of drug-likeness (QED) is 0.395. The third-order valence-electron chi connectivity index (χ3n) is 1.25. The minimum atomic E-state index is -2.48.